The summed E-state index contributed by atoms with van der Waals surface area (Å²) in [5, 5.41) is 6.40. The van der Waals surface area contributed by atoms with Crippen LogP contribution in [0, 0.1) is 5.92 Å². The number of pyridine rings is 1. The molecule has 4 heteroatoms. The van der Waals surface area contributed by atoms with Gasteiger partial charge in [-0.05, 0) is 57.3 Å². The molecule has 0 radical (unpaired) electrons. The number of carbonyl (C=O) groups is 1. The maximum absolute atomic E-state index is 11.9. The van der Waals surface area contributed by atoms with Gasteiger partial charge < -0.3 is 10.6 Å². The molecule has 104 valence electrons. The summed E-state index contributed by atoms with van der Waals surface area (Å²) >= 11 is 0. The predicted octanol–water partition coefficient (Wildman–Crippen LogP) is 2.04. The first-order chi connectivity index (χ1) is 9.25. The van der Waals surface area contributed by atoms with Crippen molar-refractivity contribution in [3.05, 3.63) is 30.1 Å². The average molecular weight is 261 g/mol. The zero-order chi connectivity index (χ0) is 13.5. The lowest BCUT2D eigenvalue weighted by Crippen LogP contribution is -2.32. The molecule has 1 amide bonds. The van der Waals surface area contributed by atoms with Gasteiger partial charge in [-0.25, -0.2) is 0 Å². The van der Waals surface area contributed by atoms with E-state index in [1.165, 1.54) is 12.8 Å². The lowest BCUT2D eigenvalue weighted by molar-refractivity contribution is -0.122. The van der Waals surface area contributed by atoms with Gasteiger partial charge in [0.2, 0.25) is 5.91 Å². The summed E-state index contributed by atoms with van der Waals surface area (Å²) in [7, 11) is 0. The fraction of sp³-hybridized carbons (Fsp3) is 0.600. The molecule has 19 heavy (non-hydrogen) atoms. The third kappa shape index (κ3) is 4.63. The van der Waals surface area contributed by atoms with E-state index in [0.29, 0.717) is 12.3 Å². The Morgan fingerprint density at radius 1 is 1.58 bits per heavy atom. The molecule has 2 N–H and O–H groups in total. The largest absolute Gasteiger partial charge is 0.348 e. The van der Waals surface area contributed by atoms with Crippen LogP contribution in [0.4, 0.5) is 0 Å². The number of rotatable bonds is 5. The Balaban J connectivity index is 1.71. The van der Waals surface area contributed by atoms with Crippen LogP contribution in [0.15, 0.2) is 24.4 Å². The van der Waals surface area contributed by atoms with Gasteiger partial charge >= 0.3 is 0 Å². The third-order valence-electron chi connectivity index (χ3n) is 3.69. The van der Waals surface area contributed by atoms with E-state index < -0.39 is 0 Å². The van der Waals surface area contributed by atoms with Crippen molar-refractivity contribution in [3.63, 3.8) is 0 Å². The minimum atomic E-state index is -0.0156. The second kappa shape index (κ2) is 7.24. The summed E-state index contributed by atoms with van der Waals surface area (Å²) < 4.78 is 0. The zero-order valence-electron chi connectivity index (χ0n) is 11.6. The number of nitrogens with one attached hydrogen (secondary N) is 2. The SMILES string of the molecule is C[C@@H](NC(=O)CCC1CCCNC1)c1ccccn1. The summed E-state index contributed by atoms with van der Waals surface area (Å²) in [5.74, 6) is 0.786. The van der Waals surface area contributed by atoms with Gasteiger partial charge in [0.1, 0.15) is 0 Å². The van der Waals surface area contributed by atoms with Gasteiger partial charge in [0.05, 0.1) is 11.7 Å². The molecule has 1 aliphatic rings. The summed E-state index contributed by atoms with van der Waals surface area (Å²) in [6.45, 7) is 4.16. The van der Waals surface area contributed by atoms with Gasteiger partial charge in [0, 0.05) is 12.6 Å². The highest BCUT2D eigenvalue weighted by Crippen LogP contribution is 2.16. The number of hydrogen-bond acceptors (Lipinski definition) is 3. The zero-order valence-corrected chi connectivity index (χ0v) is 11.6. The monoisotopic (exact) mass is 261 g/mol. The molecule has 1 aromatic rings. The quantitative estimate of drug-likeness (QED) is 0.853. The van der Waals surface area contributed by atoms with Gasteiger partial charge in [-0.1, -0.05) is 6.07 Å². The fourth-order valence-corrected chi connectivity index (χ4v) is 2.53. The Bertz CT molecular complexity index is 388. The van der Waals surface area contributed by atoms with E-state index in [1.54, 1.807) is 6.20 Å². The Morgan fingerprint density at radius 2 is 2.47 bits per heavy atom. The number of amides is 1. The predicted molar refractivity (Wildman–Crippen MR) is 75.6 cm³/mol. The average Bonchev–Trinajstić information content (AvgIpc) is 2.47. The molecule has 1 aliphatic heterocycles. The summed E-state index contributed by atoms with van der Waals surface area (Å²) in [6, 6.07) is 5.75. The van der Waals surface area contributed by atoms with E-state index in [0.717, 1.165) is 25.2 Å². The van der Waals surface area contributed by atoms with Crippen molar-refractivity contribution >= 4 is 5.91 Å². The molecule has 2 atom stereocenters. The Kier molecular flexibility index (Phi) is 5.33. The van der Waals surface area contributed by atoms with Crippen LogP contribution in [0.2, 0.25) is 0 Å². The number of piperidine rings is 1. The van der Waals surface area contributed by atoms with E-state index in [2.05, 4.69) is 15.6 Å². The number of hydrogen-bond donors (Lipinski definition) is 2. The highest BCUT2D eigenvalue weighted by atomic mass is 16.1. The summed E-state index contributed by atoms with van der Waals surface area (Å²) in [4.78, 5) is 16.2. The molecule has 0 aromatic carbocycles. The summed E-state index contributed by atoms with van der Waals surface area (Å²) in [5.41, 5.74) is 0.912. The second-order valence-electron chi connectivity index (χ2n) is 5.29. The molecule has 4 nitrogen and oxygen atoms in total. The van der Waals surface area contributed by atoms with Crippen LogP contribution in [0.25, 0.3) is 0 Å². The highest BCUT2D eigenvalue weighted by Gasteiger charge is 2.15. The van der Waals surface area contributed by atoms with Crippen molar-refractivity contribution in [2.24, 2.45) is 5.92 Å². The molecule has 1 fully saturated rings. The standard InChI is InChI=1S/C15H23N3O/c1-12(14-6-2-3-10-17-14)18-15(19)8-7-13-5-4-9-16-11-13/h2-3,6,10,12-13,16H,4-5,7-9,11H2,1H3,(H,18,19)/t12-,13?/m1/s1. The number of carbonyl (C=O) groups excluding carboxylic acids is 1. The van der Waals surface area contributed by atoms with Crippen molar-refractivity contribution < 1.29 is 4.79 Å². The number of aromatic nitrogens is 1. The van der Waals surface area contributed by atoms with E-state index in [4.69, 9.17) is 0 Å². The van der Waals surface area contributed by atoms with Crippen molar-refractivity contribution in [1.82, 2.24) is 15.6 Å². The minimum Gasteiger partial charge on any atom is -0.348 e. The minimum absolute atomic E-state index is 0.0156. The topological polar surface area (TPSA) is 54.0 Å². The van der Waals surface area contributed by atoms with Crippen LogP contribution in [-0.4, -0.2) is 24.0 Å². The molecule has 1 saturated heterocycles. The smallest absolute Gasteiger partial charge is 0.220 e. The molecule has 1 aromatic heterocycles. The van der Waals surface area contributed by atoms with Gasteiger partial charge in [-0.3, -0.25) is 9.78 Å². The molecule has 1 unspecified atom stereocenters. The van der Waals surface area contributed by atoms with Gasteiger partial charge in [-0.2, -0.15) is 0 Å². The van der Waals surface area contributed by atoms with Crippen LogP contribution in [-0.2, 0) is 4.79 Å². The van der Waals surface area contributed by atoms with E-state index >= 15 is 0 Å². The van der Waals surface area contributed by atoms with Crippen molar-refractivity contribution in [2.45, 2.75) is 38.6 Å². The molecule has 0 bridgehead atoms. The van der Waals surface area contributed by atoms with Crippen LogP contribution < -0.4 is 10.6 Å². The first-order valence-electron chi connectivity index (χ1n) is 7.16. The van der Waals surface area contributed by atoms with Crippen LogP contribution in [0.1, 0.15) is 44.3 Å². The van der Waals surface area contributed by atoms with Crippen molar-refractivity contribution in [3.8, 4) is 0 Å². The molecule has 2 rings (SSSR count). The molecule has 2 heterocycles. The first-order valence-corrected chi connectivity index (χ1v) is 7.16. The second-order valence-corrected chi connectivity index (χ2v) is 5.29. The van der Waals surface area contributed by atoms with Crippen molar-refractivity contribution in [2.75, 3.05) is 13.1 Å². The van der Waals surface area contributed by atoms with Crippen LogP contribution in [0.3, 0.4) is 0 Å². The first kappa shape index (κ1) is 14.0. The van der Waals surface area contributed by atoms with Gasteiger partial charge in [0.25, 0.3) is 0 Å². The van der Waals surface area contributed by atoms with Crippen molar-refractivity contribution in [1.29, 1.82) is 0 Å². The Hall–Kier alpha value is -1.42. The van der Waals surface area contributed by atoms with Gasteiger partial charge in [0.15, 0.2) is 0 Å². The van der Waals surface area contributed by atoms with Crippen LogP contribution >= 0.6 is 0 Å². The van der Waals surface area contributed by atoms with E-state index in [-0.39, 0.29) is 11.9 Å². The maximum atomic E-state index is 11.9. The summed E-state index contributed by atoms with van der Waals surface area (Å²) in [6.07, 6.45) is 5.83. The van der Waals surface area contributed by atoms with E-state index in [1.807, 2.05) is 25.1 Å². The molecular weight excluding hydrogens is 238 g/mol. The molecule has 0 spiro atoms. The lowest BCUT2D eigenvalue weighted by atomic mass is 9.94. The van der Waals surface area contributed by atoms with Gasteiger partial charge in [-0.15, -0.1) is 0 Å². The lowest BCUT2D eigenvalue weighted by Gasteiger charge is -2.22. The maximum Gasteiger partial charge on any atom is 0.220 e. The molecule has 0 saturated carbocycles. The molecular formula is C15H23N3O. The Labute approximate surface area is 115 Å². The highest BCUT2D eigenvalue weighted by molar-refractivity contribution is 5.76. The number of nitrogens with zero attached hydrogens (tertiary/aromatic N) is 1. The normalized spacial score (nSPS) is 20.8. The van der Waals surface area contributed by atoms with E-state index in [9.17, 15) is 4.79 Å². The Morgan fingerprint density at radius 3 is 3.16 bits per heavy atom. The van der Waals surface area contributed by atoms with Crippen LogP contribution in [0.5, 0.6) is 0 Å². The third-order valence-corrected chi connectivity index (χ3v) is 3.69. The molecule has 0 aliphatic carbocycles. The fourth-order valence-electron chi connectivity index (χ4n) is 2.53.